The van der Waals surface area contributed by atoms with E-state index in [1.807, 2.05) is 57.2 Å². The summed E-state index contributed by atoms with van der Waals surface area (Å²) in [4.78, 5) is 32.2. The van der Waals surface area contributed by atoms with Gasteiger partial charge in [-0.1, -0.05) is 29.8 Å². The molecule has 0 radical (unpaired) electrons. The fourth-order valence-corrected chi connectivity index (χ4v) is 3.98. The van der Waals surface area contributed by atoms with E-state index in [9.17, 15) is 9.59 Å². The third-order valence-corrected chi connectivity index (χ3v) is 5.81. The van der Waals surface area contributed by atoms with Crippen molar-refractivity contribution in [3.63, 3.8) is 0 Å². The highest BCUT2D eigenvalue weighted by atomic mass is 35.5. The van der Waals surface area contributed by atoms with Gasteiger partial charge in [-0.2, -0.15) is 4.98 Å². The SMILES string of the molecule is CC(C)(C)OC(=O)NCCCCNC(=O)c1ccc(CCc2ccc3nc(N)nc(N)c3c2Cl)cc1. The first kappa shape index (κ1) is 27.0. The Balaban J connectivity index is 1.43. The molecule has 10 heteroatoms. The van der Waals surface area contributed by atoms with Crippen molar-refractivity contribution >= 4 is 46.3 Å². The number of benzene rings is 2. The first-order valence-electron chi connectivity index (χ1n) is 11.9. The Kier molecular flexibility index (Phi) is 8.93. The van der Waals surface area contributed by atoms with Crippen LogP contribution < -0.4 is 22.1 Å². The van der Waals surface area contributed by atoms with Crippen LogP contribution in [0.2, 0.25) is 5.02 Å². The molecule has 2 aromatic carbocycles. The number of hydrogen-bond donors (Lipinski definition) is 4. The van der Waals surface area contributed by atoms with Crippen molar-refractivity contribution in [2.24, 2.45) is 0 Å². The van der Waals surface area contributed by atoms with Crippen molar-refractivity contribution in [1.82, 2.24) is 20.6 Å². The minimum absolute atomic E-state index is 0.114. The topological polar surface area (TPSA) is 145 Å². The number of ether oxygens (including phenoxy) is 1. The standard InChI is InChI=1S/C26H33ClN6O3/c1-26(2,3)36-25(35)31-15-5-4-14-30-23(34)18-10-7-16(8-11-18)6-9-17-12-13-19-20(21(17)27)22(28)33-24(29)32-19/h7-8,10-13H,4-6,9,14-15H2,1-3H3,(H,30,34)(H,31,35)(H4,28,29,32,33). The van der Waals surface area contributed by atoms with Gasteiger partial charge in [-0.25, -0.2) is 9.78 Å². The highest BCUT2D eigenvalue weighted by molar-refractivity contribution is 6.37. The second-order valence-electron chi connectivity index (χ2n) is 9.49. The highest BCUT2D eigenvalue weighted by Gasteiger charge is 2.15. The molecule has 9 nitrogen and oxygen atoms in total. The van der Waals surface area contributed by atoms with Crippen LogP contribution in [0.4, 0.5) is 16.6 Å². The Morgan fingerprint density at radius 1 is 0.944 bits per heavy atom. The predicted octanol–water partition coefficient (Wildman–Crippen LogP) is 4.27. The van der Waals surface area contributed by atoms with Gasteiger partial charge in [0.15, 0.2) is 0 Å². The number of alkyl carbamates (subject to hydrolysis) is 1. The number of aryl methyl sites for hydroxylation is 2. The van der Waals surface area contributed by atoms with Crippen molar-refractivity contribution in [3.8, 4) is 0 Å². The summed E-state index contributed by atoms with van der Waals surface area (Å²) in [5.41, 5.74) is 14.4. The first-order chi connectivity index (χ1) is 17.0. The van der Waals surface area contributed by atoms with Gasteiger partial charge in [0.2, 0.25) is 5.95 Å². The smallest absolute Gasteiger partial charge is 0.407 e. The van der Waals surface area contributed by atoms with E-state index in [0.29, 0.717) is 41.0 Å². The maximum Gasteiger partial charge on any atom is 0.407 e. The van der Waals surface area contributed by atoms with Crippen molar-refractivity contribution in [3.05, 3.63) is 58.1 Å². The lowest BCUT2D eigenvalue weighted by Gasteiger charge is -2.19. The molecule has 0 saturated carbocycles. The van der Waals surface area contributed by atoms with Crippen molar-refractivity contribution < 1.29 is 14.3 Å². The summed E-state index contributed by atoms with van der Waals surface area (Å²) in [5.74, 6) is 0.246. The molecule has 0 aliphatic rings. The van der Waals surface area contributed by atoms with Crippen molar-refractivity contribution in [2.45, 2.75) is 52.1 Å². The van der Waals surface area contributed by atoms with Crippen molar-refractivity contribution in [1.29, 1.82) is 0 Å². The molecule has 1 aromatic heterocycles. The van der Waals surface area contributed by atoms with Crippen LogP contribution in [-0.2, 0) is 17.6 Å². The number of hydrogen-bond acceptors (Lipinski definition) is 7. The second kappa shape index (κ2) is 11.9. The third-order valence-electron chi connectivity index (χ3n) is 5.38. The summed E-state index contributed by atoms with van der Waals surface area (Å²) in [6, 6.07) is 11.3. The summed E-state index contributed by atoms with van der Waals surface area (Å²) in [6.45, 7) is 6.47. The van der Waals surface area contributed by atoms with E-state index < -0.39 is 11.7 Å². The van der Waals surface area contributed by atoms with Gasteiger partial charge < -0.3 is 26.8 Å². The van der Waals surface area contributed by atoms with Gasteiger partial charge in [-0.3, -0.25) is 4.79 Å². The number of nitrogens with zero attached hydrogens (tertiary/aromatic N) is 2. The summed E-state index contributed by atoms with van der Waals surface area (Å²) >= 11 is 6.57. The number of nitrogen functional groups attached to an aromatic ring is 2. The quantitative estimate of drug-likeness (QED) is 0.313. The average molecular weight is 513 g/mol. The Hall–Kier alpha value is -3.59. The van der Waals surface area contributed by atoms with E-state index in [1.165, 1.54) is 0 Å². The van der Waals surface area contributed by atoms with Crippen LogP contribution in [0.5, 0.6) is 0 Å². The van der Waals surface area contributed by atoms with E-state index in [0.717, 1.165) is 30.4 Å². The normalized spacial score (nSPS) is 11.3. The number of aromatic nitrogens is 2. The molecule has 1 heterocycles. The van der Waals surface area contributed by atoms with Crippen LogP contribution in [-0.4, -0.2) is 40.7 Å². The number of anilines is 2. The molecule has 0 fully saturated rings. The van der Waals surface area contributed by atoms with Gasteiger partial charge in [0.25, 0.3) is 5.91 Å². The summed E-state index contributed by atoms with van der Waals surface area (Å²) in [6.07, 6.45) is 2.49. The summed E-state index contributed by atoms with van der Waals surface area (Å²) < 4.78 is 5.18. The number of nitrogens with two attached hydrogens (primary N) is 2. The molecule has 6 N–H and O–H groups in total. The van der Waals surface area contributed by atoms with Crippen LogP contribution in [0.3, 0.4) is 0 Å². The molecule has 0 bridgehead atoms. The Bertz CT molecular complexity index is 1230. The van der Waals surface area contributed by atoms with Crippen LogP contribution in [0, 0.1) is 0 Å². The average Bonchev–Trinajstić information content (AvgIpc) is 2.79. The van der Waals surface area contributed by atoms with Crippen LogP contribution in [0.15, 0.2) is 36.4 Å². The monoisotopic (exact) mass is 512 g/mol. The maximum absolute atomic E-state index is 12.4. The molecule has 3 aromatic rings. The van der Waals surface area contributed by atoms with E-state index in [-0.39, 0.29) is 17.7 Å². The molecule has 0 atom stereocenters. The molecule has 0 aliphatic carbocycles. The van der Waals surface area contributed by atoms with E-state index in [1.54, 1.807) is 0 Å². The predicted molar refractivity (Wildman–Crippen MR) is 143 cm³/mol. The molecule has 0 unspecified atom stereocenters. The number of amides is 2. The summed E-state index contributed by atoms with van der Waals surface area (Å²) in [7, 11) is 0. The minimum Gasteiger partial charge on any atom is -0.444 e. The molecule has 2 amide bonds. The van der Waals surface area contributed by atoms with Crippen LogP contribution in [0.25, 0.3) is 10.9 Å². The molecular weight excluding hydrogens is 480 g/mol. The molecule has 3 rings (SSSR count). The van der Waals surface area contributed by atoms with Gasteiger partial charge in [-0.05, 0) is 75.8 Å². The highest BCUT2D eigenvalue weighted by Crippen LogP contribution is 2.31. The van der Waals surface area contributed by atoms with Gasteiger partial charge >= 0.3 is 6.09 Å². The fraction of sp³-hybridized carbons (Fsp3) is 0.385. The Morgan fingerprint density at radius 2 is 1.61 bits per heavy atom. The minimum atomic E-state index is -0.517. The number of nitrogens with one attached hydrogen (secondary N) is 2. The first-order valence-corrected chi connectivity index (χ1v) is 12.3. The van der Waals surface area contributed by atoms with Gasteiger partial charge in [0.1, 0.15) is 11.4 Å². The molecule has 36 heavy (non-hydrogen) atoms. The van der Waals surface area contributed by atoms with Gasteiger partial charge in [-0.15, -0.1) is 0 Å². The zero-order valence-corrected chi connectivity index (χ0v) is 21.6. The number of carbonyl (C=O) groups is 2. The largest absolute Gasteiger partial charge is 0.444 e. The van der Waals surface area contributed by atoms with E-state index in [4.69, 9.17) is 27.8 Å². The Labute approximate surface area is 216 Å². The zero-order valence-electron chi connectivity index (χ0n) is 20.9. The molecule has 0 saturated heterocycles. The number of rotatable bonds is 9. The number of unbranched alkanes of at least 4 members (excludes halogenated alkanes) is 1. The fourth-order valence-electron chi connectivity index (χ4n) is 3.63. The van der Waals surface area contributed by atoms with Crippen molar-refractivity contribution in [2.75, 3.05) is 24.6 Å². The van der Waals surface area contributed by atoms with Gasteiger partial charge in [0, 0.05) is 18.7 Å². The third kappa shape index (κ3) is 7.71. The van der Waals surface area contributed by atoms with Gasteiger partial charge in [0.05, 0.1) is 15.9 Å². The molecular formula is C26H33ClN6O3. The van der Waals surface area contributed by atoms with Crippen LogP contribution >= 0.6 is 11.6 Å². The number of carbonyl (C=O) groups excluding carboxylic acids is 2. The Morgan fingerprint density at radius 3 is 2.28 bits per heavy atom. The molecule has 192 valence electrons. The second-order valence-corrected chi connectivity index (χ2v) is 9.87. The van der Waals surface area contributed by atoms with E-state index in [2.05, 4.69) is 20.6 Å². The maximum atomic E-state index is 12.4. The van der Waals surface area contributed by atoms with Crippen LogP contribution in [0.1, 0.15) is 55.1 Å². The molecule has 0 aliphatic heterocycles. The summed E-state index contributed by atoms with van der Waals surface area (Å²) in [5, 5.41) is 6.75. The lowest BCUT2D eigenvalue weighted by Crippen LogP contribution is -2.33. The van der Waals surface area contributed by atoms with E-state index >= 15 is 0 Å². The molecule has 0 spiro atoms. The lowest BCUT2D eigenvalue weighted by molar-refractivity contribution is 0.0526. The lowest BCUT2D eigenvalue weighted by atomic mass is 10.0. The number of halogens is 1. The number of fused-ring (bicyclic) bond motifs is 1. The zero-order chi connectivity index (χ0) is 26.3.